The normalized spacial score (nSPS) is 13.8. The number of carbonyl (C=O) groups excluding carboxylic acids is 2. The molecule has 0 aliphatic carbocycles. The Balaban J connectivity index is 1.71. The average Bonchev–Trinajstić information content (AvgIpc) is 2.71. The number of amides is 2. The molecule has 1 N–H and O–H groups in total. The molecule has 1 heterocycles. The lowest BCUT2D eigenvalue weighted by atomic mass is 10.1. The van der Waals surface area contributed by atoms with Gasteiger partial charge in [0.05, 0.1) is 24.6 Å². The molecule has 29 heavy (non-hydrogen) atoms. The van der Waals surface area contributed by atoms with E-state index in [1.165, 1.54) is 6.92 Å². The topological polar surface area (TPSA) is 61.9 Å². The SMILES string of the molecule is CC(=O)N(CCC(=O)Nc1ccc(C)cc1C)c1ccccc1N1CCOCC1. The molecule has 0 atom stereocenters. The largest absolute Gasteiger partial charge is 0.378 e. The summed E-state index contributed by atoms with van der Waals surface area (Å²) in [5.41, 5.74) is 4.83. The second-order valence-corrected chi connectivity index (χ2v) is 7.38. The number of carbonyl (C=O) groups is 2. The van der Waals surface area contributed by atoms with E-state index < -0.39 is 0 Å². The Morgan fingerprint density at radius 2 is 1.83 bits per heavy atom. The summed E-state index contributed by atoms with van der Waals surface area (Å²) in [4.78, 5) is 28.8. The molecule has 1 fully saturated rings. The van der Waals surface area contributed by atoms with Crippen LogP contribution in [0.2, 0.25) is 0 Å². The molecule has 2 aromatic carbocycles. The second-order valence-electron chi connectivity index (χ2n) is 7.38. The summed E-state index contributed by atoms with van der Waals surface area (Å²) < 4.78 is 5.45. The second kappa shape index (κ2) is 9.56. The van der Waals surface area contributed by atoms with Crippen molar-refractivity contribution in [2.45, 2.75) is 27.2 Å². The molecule has 0 radical (unpaired) electrons. The Hall–Kier alpha value is -2.86. The maximum Gasteiger partial charge on any atom is 0.226 e. The minimum atomic E-state index is -0.105. The fourth-order valence-corrected chi connectivity index (χ4v) is 3.59. The van der Waals surface area contributed by atoms with Crippen molar-refractivity contribution in [2.75, 3.05) is 48.0 Å². The molecule has 1 aliphatic heterocycles. The smallest absolute Gasteiger partial charge is 0.226 e. The number of para-hydroxylation sites is 2. The number of ether oxygens (including phenoxy) is 1. The van der Waals surface area contributed by atoms with Gasteiger partial charge < -0.3 is 19.9 Å². The molecular weight excluding hydrogens is 366 g/mol. The maximum atomic E-state index is 12.5. The van der Waals surface area contributed by atoms with Crippen molar-refractivity contribution >= 4 is 28.9 Å². The monoisotopic (exact) mass is 395 g/mol. The zero-order chi connectivity index (χ0) is 20.8. The van der Waals surface area contributed by atoms with E-state index in [1.807, 2.05) is 56.3 Å². The quantitative estimate of drug-likeness (QED) is 0.813. The highest BCUT2D eigenvalue weighted by Gasteiger charge is 2.21. The van der Waals surface area contributed by atoms with Gasteiger partial charge in [0.2, 0.25) is 11.8 Å². The fraction of sp³-hybridized carbons (Fsp3) is 0.391. The van der Waals surface area contributed by atoms with Crippen molar-refractivity contribution < 1.29 is 14.3 Å². The van der Waals surface area contributed by atoms with Crippen LogP contribution in [0.25, 0.3) is 0 Å². The first-order valence-electron chi connectivity index (χ1n) is 10.0. The van der Waals surface area contributed by atoms with Gasteiger partial charge in [-0.2, -0.15) is 0 Å². The third-order valence-electron chi connectivity index (χ3n) is 5.12. The van der Waals surface area contributed by atoms with Gasteiger partial charge in [0.15, 0.2) is 0 Å². The third-order valence-corrected chi connectivity index (χ3v) is 5.12. The van der Waals surface area contributed by atoms with Gasteiger partial charge in [-0.25, -0.2) is 0 Å². The van der Waals surface area contributed by atoms with Crippen LogP contribution in [-0.2, 0) is 14.3 Å². The van der Waals surface area contributed by atoms with Gasteiger partial charge in [0.1, 0.15) is 0 Å². The predicted octanol–water partition coefficient (Wildman–Crippen LogP) is 3.52. The van der Waals surface area contributed by atoms with Crippen molar-refractivity contribution in [3.8, 4) is 0 Å². The molecule has 6 heteroatoms. The highest BCUT2D eigenvalue weighted by molar-refractivity contribution is 5.97. The molecule has 0 unspecified atom stereocenters. The summed E-state index contributed by atoms with van der Waals surface area (Å²) >= 11 is 0. The number of nitrogens with one attached hydrogen (secondary N) is 1. The predicted molar refractivity (Wildman–Crippen MR) is 117 cm³/mol. The number of morpholine rings is 1. The maximum absolute atomic E-state index is 12.5. The Morgan fingerprint density at radius 1 is 1.10 bits per heavy atom. The Kier molecular flexibility index (Phi) is 6.88. The first kappa shape index (κ1) is 20.9. The summed E-state index contributed by atoms with van der Waals surface area (Å²) in [6.07, 6.45) is 0.227. The van der Waals surface area contributed by atoms with Crippen LogP contribution in [0.3, 0.4) is 0 Å². The number of hydrogen-bond donors (Lipinski definition) is 1. The van der Waals surface area contributed by atoms with E-state index in [-0.39, 0.29) is 18.2 Å². The number of anilines is 3. The number of nitrogens with zero attached hydrogens (tertiary/aromatic N) is 2. The molecule has 0 saturated carbocycles. The van der Waals surface area contributed by atoms with Crippen molar-refractivity contribution in [1.29, 1.82) is 0 Å². The van der Waals surface area contributed by atoms with Crippen molar-refractivity contribution in [3.05, 3.63) is 53.6 Å². The van der Waals surface area contributed by atoms with E-state index in [4.69, 9.17) is 4.74 Å². The van der Waals surface area contributed by atoms with Gasteiger partial charge in [0.25, 0.3) is 0 Å². The zero-order valence-corrected chi connectivity index (χ0v) is 17.4. The summed E-state index contributed by atoms with van der Waals surface area (Å²) in [7, 11) is 0. The Labute approximate surface area is 172 Å². The van der Waals surface area contributed by atoms with Gasteiger partial charge in [-0.15, -0.1) is 0 Å². The Morgan fingerprint density at radius 3 is 2.52 bits per heavy atom. The molecule has 1 aliphatic rings. The van der Waals surface area contributed by atoms with E-state index in [2.05, 4.69) is 10.2 Å². The number of rotatable bonds is 6. The minimum absolute atomic E-state index is 0.0787. The number of hydrogen-bond acceptors (Lipinski definition) is 4. The molecule has 2 amide bonds. The van der Waals surface area contributed by atoms with Gasteiger partial charge >= 0.3 is 0 Å². The van der Waals surface area contributed by atoms with Gasteiger partial charge in [-0.05, 0) is 37.6 Å². The summed E-state index contributed by atoms with van der Waals surface area (Å²) in [6, 6.07) is 13.8. The highest BCUT2D eigenvalue weighted by Crippen LogP contribution is 2.30. The molecular formula is C23H29N3O3. The minimum Gasteiger partial charge on any atom is -0.378 e. The zero-order valence-electron chi connectivity index (χ0n) is 17.4. The van der Waals surface area contributed by atoms with Gasteiger partial charge in [-0.3, -0.25) is 9.59 Å². The summed E-state index contributed by atoms with van der Waals surface area (Å²) in [6.45, 7) is 8.79. The molecule has 2 aromatic rings. The van der Waals surface area contributed by atoms with E-state index >= 15 is 0 Å². The van der Waals surface area contributed by atoms with Crippen LogP contribution in [0.5, 0.6) is 0 Å². The fourth-order valence-electron chi connectivity index (χ4n) is 3.59. The Bertz CT molecular complexity index is 875. The first-order chi connectivity index (χ1) is 14.0. The number of aryl methyl sites for hydroxylation is 2. The summed E-state index contributed by atoms with van der Waals surface area (Å²) in [5.74, 6) is -0.183. The molecule has 3 rings (SSSR count). The van der Waals surface area contributed by atoms with Crippen molar-refractivity contribution in [2.24, 2.45) is 0 Å². The lowest BCUT2D eigenvalue weighted by molar-refractivity contribution is -0.117. The van der Waals surface area contributed by atoms with E-state index in [9.17, 15) is 9.59 Å². The van der Waals surface area contributed by atoms with Crippen LogP contribution >= 0.6 is 0 Å². The average molecular weight is 396 g/mol. The number of benzene rings is 2. The van der Waals surface area contributed by atoms with Crippen LogP contribution in [0.15, 0.2) is 42.5 Å². The van der Waals surface area contributed by atoms with E-state index in [0.717, 1.165) is 41.3 Å². The van der Waals surface area contributed by atoms with Crippen LogP contribution in [0, 0.1) is 13.8 Å². The standard InChI is InChI=1S/C23H29N3O3/c1-17-8-9-20(18(2)16-17)24-23(28)10-11-26(19(3)27)22-7-5-4-6-21(22)25-12-14-29-15-13-25/h4-9,16H,10-15H2,1-3H3,(H,24,28). The molecule has 0 aromatic heterocycles. The van der Waals surface area contributed by atoms with Crippen molar-refractivity contribution in [1.82, 2.24) is 0 Å². The van der Waals surface area contributed by atoms with Crippen LogP contribution in [-0.4, -0.2) is 44.7 Å². The van der Waals surface area contributed by atoms with Gasteiger partial charge in [-0.1, -0.05) is 29.8 Å². The highest BCUT2D eigenvalue weighted by atomic mass is 16.5. The first-order valence-corrected chi connectivity index (χ1v) is 10.0. The summed E-state index contributed by atoms with van der Waals surface area (Å²) in [5, 5.41) is 2.96. The van der Waals surface area contributed by atoms with Crippen LogP contribution < -0.4 is 15.1 Å². The third kappa shape index (κ3) is 5.35. The molecule has 0 spiro atoms. The van der Waals surface area contributed by atoms with E-state index in [1.54, 1.807) is 4.90 Å². The van der Waals surface area contributed by atoms with Crippen LogP contribution in [0.4, 0.5) is 17.1 Å². The molecule has 1 saturated heterocycles. The van der Waals surface area contributed by atoms with Gasteiger partial charge in [0, 0.05) is 38.7 Å². The van der Waals surface area contributed by atoms with Crippen molar-refractivity contribution in [3.63, 3.8) is 0 Å². The lowest BCUT2D eigenvalue weighted by Crippen LogP contribution is -2.39. The molecule has 154 valence electrons. The molecule has 0 bridgehead atoms. The van der Waals surface area contributed by atoms with Crippen LogP contribution in [0.1, 0.15) is 24.5 Å². The van der Waals surface area contributed by atoms with E-state index in [0.29, 0.717) is 19.8 Å². The molecule has 6 nitrogen and oxygen atoms in total. The lowest BCUT2D eigenvalue weighted by Gasteiger charge is -2.33.